The minimum atomic E-state index is -5.43. The van der Waals surface area contributed by atoms with Crippen LogP contribution in [0, 0.1) is 41.4 Å². The first kappa shape index (κ1) is 95.5. The molecule has 14 unspecified atom stereocenters. The van der Waals surface area contributed by atoms with Gasteiger partial charge in [0.05, 0.1) is 92.5 Å². The summed E-state index contributed by atoms with van der Waals surface area (Å²) >= 11 is 0. The van der Waals surface area contributed by atoms with Crippen LogP contribution in [0.4, 0.5) is 13.4 Å². The van der Waals surface area contributed by atoms with Gasteiger partial charge in [0.2, 0.25) is 0 Å². The van der Waals surface area contributed by atoms with Crippen molar-refractivity contribution in [1.82, 2.24) is 16.6 Å². The third-order valence-corrected chi connectivity index (χ3v) is 15.4. The molecule has 39 nitrogen and oxygen atoms in total. The van der Waals surface area contributed by atoms with Crippen LogP contribution in [-0.2, 0) is 231 Å². The van der Waals surface area contributed by atoms with Gasteiger partial charge in [0, 0.05) is 168 Å². The summed E-state index contributed by atoms with van der Waals surface area (Å²) in [6, 6.07) is 0. The van der Waals surface area contributed by atoms with E-state index >= 15 is 0 Å². The Hall–Kier alpha value is 4.81. The van der Waals surface area contributed by atoms with Crippen molar-refractivity contribution in [3.05, 3.63) is 22.9 Å². The largest absolute Gasteiger partial charge is 0.756 e. The maximum Gasteiger partial charge on any atom is 0.267 e. The van der Waals surface area contributed by atoms with Crippen LogP contribution in [0.1, 0.15) is 0 Å². The Morgan fingerprint density at radius 2 is 0.415 bits per heavy atom. The Balaban J connectivity index is -0.00000494. The van der Waals surface area contributed by atoms with Crippen LogP contribution in [0.2, 0.25) is 0 Å². The normalized spacial score (nSPS) is 20.4. The van der Waals surface area contributed by atoms with Gasteiger partial charge >= 0.3 is 0 Å². The topological polar surface area (TPSA) is 622 Å². The van der Waals surface area contributed by atoms with Gasteiger partial charge in [0.1, 0.15) is 0 Å². The van der Waals surface area contributed by atoms with Crippen molar-refractivity contribution in [1.29, 1.82) is 0 Å². The molecule has 0 bridgehead atoms. The van der Waals surface area contributed by atoms with Gasteiger partial charge in [-0.3, -0.25) is 36.5 Å². The molecule has 0 heterocycles. The molecule has 9 N–H and O–H groups in total. The first-order valence-electron chi connectivity index (χ1n) is 21.5. The molecule has 54 heteroatoms. The SMILES string of the molecule is [NH-]CC(COP(=O)([O-])O)COP(=O)([O-])OCC(CNF)COP(=O)([O-])OCC(C[NH-])COP(=O)([O-])OCC(CNF)COP(=O)([O-])OCC(C[NH-])COP(=O)([O-])OCC(CNF)COP(=O)([O-])OCC(C[NH-])COP(=O)([O-])O.[Y].[Y].[Y].[Y]. The van der Waals surface area contributed by atoms with E-state index < -0.39 is 242 Å². The van der Waals surface area contributed by atoms with Crippen molar-refractivity contribution in [2.24, 2.45) is 41.4 Å². The zero-order chi connectivity index (χ0) is 59.9. The van der Waals surface area contributed by atoms with Crippen molar-refractivity contribution < 1.29 is 293 Å². The summed E-state index contributed by atoms with van der Waals surface area (Å²) in [6.45, 7) is -18.7. The van der Waals surface area contributed by atoms with Gasteiger partial charge in [-0.25, -0.2) is 0 Å². The predicted molar refractivity (Wildman–Crippen MR) is 237 cm³/mol. The minimum absolute atomic E-state index is 0. The van der Waals surface area contributed by atoms with Crippen molar-refractivity contribution in [2.75, 3.05) is 138 Å². The van der Waals surface area contributed by atoms with Gasteiger partial charge in [0.15, 0.2) is 0 Å². The molecule has 482 valence electrons. The molecule has 0 aliphatic carbocycles. The van der Waals surface area contributed by atoms with E-state index in [1.165, 1.54) is 0 Å². The summed E-state index contributed by atoms with van der Waals surface area (Å²) < 4.78 is 197. The summed E-state index contributed by atoms with van der Waals surface area (Å²) in [4.78, 5) is 112. The second-order valence-electron chi connectivity index (χ2n) is 15.7. The average Bonchev–Trinajstić information content (AvgIpc) is 3.33. The van der Waals surface area contributed by atoms with Crippen molar-refractivity contribution in [2.45, 2.75) is 0 Å². The molecule has 0 aromatic rings. The van der Waals surface area contributed by atoms with Crippen molar-refractivity contribution in [3.8, 4) is 0 Å². The van der Waals surface area contributed by atoms with Gasteiger partial charge in [-0.2, -0.15) is 16.6 Å². The summed E-state index contributed by atoms with van der Waals surface area (Å²) in [6.07, 6.45) is 0. The van der Waals surface area contributed by atoms with Crippen molar-refractivity contribution >= 4 is 62.6 Å². The maximum atomic E-state index is 13.0. The maximum absolute atomic E-state index is 13.0. The molecule has 0 aliphatic rings. The van der Waals surface area contributed by atoms with Crippen LogP contribution in [0.25, 0.3) is 22.9 Å². The van der Waals surface area contributed by atoms with E-state index in [1.807, 2.05) is 0 Å². The Bertz CT molecular complexity index is 1950. The van der Waals surface area contributed by atoms with E-state index in [-0.39, 0.29) is 131 Å². The van der Waals surface area contributed by atoms with Crippen LogP contribution in [-0.4, -0.2) is 148 Å². The molecule has 0 saturated carbocycles. The summed E-state index contributed by atoms with van der Waals surface area (Å²) in [5.41, 5.74) is 33.0. The zero-order valence-electron chi connectivity index (χ0n) is 42.6. The number of hydrogen-bond donors (Lipinski definition) is 5. The van der Waals surface area contributed by atoms with Gasteiger partial charge in [-0.15, -0.1) is 39.6 Å². The fourth-order valence-corrected chi connectivity index (χ4v) is 10.4. The van der Waals surface area contributed by atoms with E-state index in [1.54, 1.807) is 0 Å². The van der Waals surface area contributed by atoms with Crippen LogP contribution < -0.4 is 55.8 Å². The number of halogens is 3. The second-order valence-corrected chi connectivity index (χ2v) is 26.5. The molecule has 82 heavy (non-hydrogen) atoms. The molecular weight excluding hydrogens is 1610 g/mol. The molecule has 0 saturated heterocycles. The molecular formula is C28H58F3N7O32P8Y4-12. The van der Waals surface area contributed by atoms with Gasteiger partial charge in [-0.05, 0) is 23.7 Å². The molecule has 0 fully saturated rings. The molecule has 0 rings (SSSR count). The summed E-state index contributed by atoms with van der Waals surface area (Å²) in [7, 11) is -42.6. The van der Waals surface area contributed by atoms with Crippen LogP contribution in [0.3, 0.4) is 0 Å². The number of phosphoric ester groups is 8. The first-order valence-corrected chi connectivity index (χ1v) is 33.3. The second kappa shape index (κ2) is 49.4. The molecule has 0 aliphatic heterocycles. The smallest absolute Gasteiger partial charge is 0.267 e. The van der Waals surface area contributed by atoms with Crippen LogP contribution in [0.15, 0.2) is 0 Å². The van der Waals surface area contributed by atoms with Crippen molar-refractivity contribution in [3.63, 3.8) is 0 Å². The summed E-state index contributed by atoms with van der Waals surface area (Å²) in [5.74, 6) is -9.42. The molecule has 0 aromatic heterocycles. The van der Waals surface area contributed by atoms with E-state index in [2.05, 4.69) is 63.3 Å². The first-order chi connectivity index (χ1) is 36.0. The van der Waals surface area contributed by atoms with E-state index in [9.17, 15) is 89.1 Å². The van der Waals surface area contributed by atoms with Crippen LogP contribution in [0.5, 0.6) is 0 Å². The number of hydrogen-bond acceptors (Lipinski definition) is 33. The fourth-order valence-electron chi connectivity index (χ4n) is 4.47. The Morgan fingerprint density at radius 1 is 0.293 bits per heavy atom. The van der Waals surface area contributed by atoms with Gasteiger partial charge in [0.25, 0.3) is 62.6 Å². The standard InChI is InChI=1S/C28H66F3N7O32P8.4Y/c29-36-5-26(16-65-73(45,46)59-10-22(1-32)8-57-71(39,40)41)18-67-75(49,50)61-12-24(3-34)14-63-77(53,54)69-20-28(7-38-31)21-70-78(55,56)64-15-25(4-35)13-62-76(51,52)68-19-27(6-37-30)17-66-74(47,48)60-11-23(2-33)9-58-72(42,43)44;;;;/h22-28,32-38H,1-21H2,(H,45,46)(H,47,48)(H,49,50)(H,51,52)(H,53,54)(H,55,56)(H2,39,40,41)(H2,42,43,44);;;;/q-4;;;;/p-8. The molecule has 0 amide bonds. The molecule has 0 spiro atoms. The van der Waals surface area contributed by atoms with Gasteiger partial charge in [-0.1, -0.05) is 0 Å². The monoisotopic (exact) mass is 1660 g/mol. The molecule has 0 aromatic carbocycles. The summed E-state index contributed by atoms with van der Waals surface area (Å²) in [5, 5.41) is 0. The van der Waals surface area contributed by atoms with Crippen LogP contribution >= 0.6 is 62.6 Å². The number of rotatable bonds is 52. The Labute approximate surface area is 568 Å². The Morgan fingerprint density at radius 3 is 0.524 bits per heavy atom. The van der Waals surface area contributed by atoms with E-state index in [0.717, 1.165) is 16.6 Å². The van der Waals surface area contributed by atoms with E-state index in [4.69, 9.17) is 32.7 Å². The zero-order valence-corrected chi connectivity index (χ0v) is 61.1. The number of nitrogens with one attached hydrogen (secondary N) is 7. The predicted octanol–water partition coefficient (Wildman–Crippen LogP) is -2.11. The third-order valence-electron chi connectivity index (χ3n) is 8.82. The Kier molecular flexibility index (Phi) is 57.5. The molecule has 4 radical (unpaired) electrons. The minimum Gasteiger partial charge on any atom is -0.756 e. The van der Waals surface area contributed by atoms with E-state index in [0.29, 0.717) is 0 Å². The quantitative estimate of drug-likeness (QED) is 0.0321. The molecule has 14 atom stereocenters. The average molecular weight is 1670 g/mol. The number of phosphoric acid groups is 8. The fraction of sp³-hybridized carbons (Fsp3) is 1.00. The third kappa shape index (κ3) is 53.2. The van der Waals surface area contributed by atoms with Gasteiger partial charge < -0.3 is 135 Å².